The standard InChI is InChI=1S/C14H17BrN2/c1-10-7-8-17-12(9-10)13(15)16-14(17)11-5-3-2-4-6-11/h7-9,11H,2-6H2,1H3. The Balaban J connectivity index is 2.10. The summed E-state index contributed by atoms with van der Waals surface area (Å²) in [7, 11) is 0. The van der Waals surface area contributed by atoms with E-state index in [1.165, 1.54) is 49.0 Å². The van der Waals surface area contributed by atoms with E-state index in [1.54, 1.807) is 0 Å². The van der Waals surface area contributed by atoms with Gasteiger partial charge in [-0.25, -0.2) is 4.98 Å². The van der Waals surface area contributed by atoms with Crippen LogP contribution in [0.2, 0.25) is 0 Å². The molecular weight excluding hydrogens is 276 g/mol. The van der Waals surface area contributed by atoms with E-state index in [0.717, 1.165) is 4.60 Å². The largest absolute Gasteiger partial charge is 0.302 e. The zero-order valence-corrected chi connectivity index (χ0v) is 11.7. The van der Waals surface area contributed by atoms with Crippen LogP contribution < -0.4 is 0 Å². The molecular formula is C14H17BrN2. The average Bonchev–Trinajstić information content (AvgIpc) is 2.68. The van der Waals surface area contributed by atoms with Crippen molar-refractivity contribution in [1.82, 2.24) is 9.38 Å². The highest BCUT2D eigenvalue weighted by atomic mass is 79.9. The number of aryl methyl sites for hydroxylation is 1. The van der Waals surface area contributed by atoms with E-state index in [9.17, 15) is 0 Å². The van der Waals surface area contributed by atoms with Crippen molar-refractivity contribution >= 4 is 21.4 Å². The van der Waals surface area contributed by atoms with Gasteiger partial charge in [-0.2, -0.15) is 0 Å². The molecule has 0 bridgehead atoms. The fourth-order valence-corrected chi connectivity index (χ4v) is 3.31. The molecule has 0 saturated heterocycles. The molecule has 1 aliphatic rings. The quantitative estimate of drug-likeness (QED) is 0.759. The number of pyridine rings is 1. The Kier molecular flexibility index (Phi) is 2.95. The van der Waals surface area contributed by atoms with Crippen LogP contribution in [-0.2, 0) is 0 Å². The van der Waals surface area contributed by atoms with Crippen molar-refractivity contribution in [1.29, 1.82) is 0 Å². The lowest BCUT2D eigenvalue weighted by Gasteiger charge is -2.20. The van der Waals surface area contributed by atoms with Gasteiger partial charge in [-0.1, -0.05) is 19.3 Å². The number of imidazole rings is 1. The SMILES string of the molecule is Cc1ccn2c(C3CCCCC3)nc(Br)c2c1. The van der Waals surface area contributed by atoms with Gasteiger partial charge in [0.25, 0.3) is 0 Å². The summed E-state index contributed by atoms with van der Waals surface area (Å²) in [4.78, 5) is 4.73. The minimum Gasteiger partial charge on any atom is -0.302 e. The maximum atomic E-state index is 4.73. The van der Waals surface area contributed by atoms with Crippen LogP contribution >= 0.6 is 15.9 Å². The first-order valence-corrected chi connectivity index (χ1v) is 7.19. The summed E-state index contributed by atoms with van der Waals surface area (Å²) in [5.41, 5.74) is 2.49. The summed E-state index contributed by atoms with van der Waals surface area (Å²) in [6.07, 6.45) is 8.83. The maximum Gasteiger partial charge on any atom is 0.132 e. The fraction of sp³-hybridized carbons (Fsp3) is 0.500. The molecule has 17 heavy (non-hydrogen) atoms. The first kappa shape index (κ1) is 11.3. The van der Waals surface area contributed by atoms with Crippen molar-refractivity contribution in [3.8, 4) is 0 Å². The number of hydrogen-bond acceptors (Lipinski definition) is 1. The first-order chi connectivity index (χ1) is 8.25. The van der Waals surface area contributed by atoms with Crippen molar-refractivity contribution < 1.29 is 0 Å². The summed E-state index contributed by atoms with van der Waals surface area (Å²) in [6, 6.07) is 4.36. The number of nitrogens with zero attached hydrogens (tertiary/aromatic N) is 2. The molecule has 90 valence electrons. The number of fused-ring (bicyclic) bond motifs is 1. The minimum absolute atomic E-state index is 0.644. The summed E-state index contributed by atoms with van der Waals surface area (Å²) in [5.74, 6) is 1.89. The van der Waals surface area contributed by atoms with Gasteiger partial charge < -0.3 is 4.40 Å². The minimum atomic E-state index is 0.644. The van der Waals surface area contributed by atoms with Crippen LogP contribution in [0.4, 0.5) is 0 Å². The topological polar surface area (TPSA) is 17.3 Å². The van der Waals surface area contributed by atoms with E-state index in [0.29, 0.717) is 5.92 Å². The summed E-state index contributed by atoms with van der Waals surface area (Å²) >= 11 is 3.59. The van der Waals surface area contributed by atoms with Crippen molar-refractivity contribution in [2.45, 2.75) is 44.9 Å². The molecule has 2 heterocycles. The van der Waals surface area contributed by atoms with E-state index in [1.807, 2.05) is 0 Å². The molecule has 0 unspecified atom stereocenters. The molecule has 1 saturated carbocycles. The molecule has 0 N–H and O–H groups in total. The second-order valence-corrected chi connectivity index (χ2v) is 5.81. The van der Waals surface area contributed by atoms with Crippen LogP contribution in [-0.4, -0.2) is 9.38 Å². The first-order valence-electron chi connectivity index (χ1n) is 6.40. The summed E-state index contributed by atoms with van der Waals surface area (Å²) in [5, 5.41) is 0. The number of aromatic nitrogens is 2. The molecule has 0 atom stereocenters. The Hall–Kier alpha value is -0.830. The molecule has 3 heteroatoms. The van der Waals surface area contributed by atoms with Crippen LogP contribution in [0.1, 0.15) is 49.4 Å². The molecule has 2 aromatic rings. The second-order valence-electron chi connectivity index (χ2n) is 5.06. The third-order valence-electron chi connectivity index (χ3n) is 3.75. The number of halogens is 1. The lowest BCUT2D eigenvalue weighted by Crippen LogP contribution is -2.08. The Bertz CT molecular complexity index is 538. The zero-order valence-electron chi connectivity index (χ0n) is 10.1. The molecule has 2 aromatic heterocycles. The van der Waals surface area contributed by atoms with Gasteiger partial charge in [0.15, 0.2) is 0 Å². The van der Waals surface area contributed by atoms with Gasteiger partial charge in [-0.05, 0) is 53.4 Å². The lowest BCUT2D eigenvalue weighted by atomic mass is 9.89. The van der Waals surface area contributed by atoms with Crippen molar-refractivity contribution in [2.75, 3.05) is 0 Å². The lowest BCUT2D eigenvalue weighted by molar-refractivity contribution is 0.427. The van der Waals surface area contributed by atoms with Gasteiger partial charge in [0.05, 0.1) is 5.52 Å². The predicted octanol–water partition coefficient (Wildman–Crippen LogP) is 4.45. The molecule has 0 spiro atoms. The van der Waals surface area contributed by atoms with Gasteiger partial charge in [0, 0.05) is 12.1 Å². The normalized spacial score (nSPS) is 17.8. The monoisotopic (exact) mass is 292 g/mol. The van der Waals surface area contributed by atoms with E-state index >= 15 is 0 Å². The van der Waals surface area contributed by atoms with Crippen molar-refractivity contribution in [3.05, 3.63) is 34.3 Å². The molecule has 1 aliphatic carbocycles. The van der Waals surface area contributed by atoms with Crippen LogP contribution in [0.15, 0.2) is 22.9 Å². The molecule has 0 radical (unpaired) electrons. The van der Waals surface area contributed by atoms with Crippen molar-refractivity contribution in [3.63, 3.8) is 0 Å². The van der Waals surface area contributed by atoms with E-state index in [2.05, 4.69) is 45.6 Å². The highest BCUT2D eigenvalue weighted by Gasteiger charge is 2.21. The van der Waals surface area contributed by atoms with Crippen LogP contribution in [0.3, 0.4) is 0 Å². The Morgan fingerprint density at radius 2 is 2.06 bits per heavy atom. The van der Waals surface area contributed by atoms with Crippen LogP contribution in [0, 0.1) is 6.92 Å². The Labute approximate surface area is 110 Å². The molecule has 1 fully saturated rings. The van der Waals surface area contributed by atoms with Crippen LogP contribution in [0.25, 0.3) is 5.52 Å². The molecule has 2 nitrogen and oxygen atoms in total. The third-order valence-corrected chi connectivity index (χ3v) is 4.34. The fourth-order valence-electron chi connectivity index (χ4n) is 2.82. The van der Waals surface area contributed by atoms with Gasteiger partial charge in [-0.15, -0.1) is 0 Å². The predicted molar refractivity (Wildman–Crippen MR) is 73.5 cm³/mol. The van der Waals surface area contributed by atoms with E-state index in [4.69, 9.17) is 4.98 Å². The van der Waals surface area contributed by atoms with Gasteiger partial charge in [-0.3, -0.25) is 0 Å². The summed E-state index contributed by atoms with van der Waals surface area (Å²) in [6.45, 7) is 2.12. The van der Waals surface area contributed by atoms with Crippen LogP contribution in [0.5, 0.6) is 0 Å². The number of rotatable bonds is 1. The zero-order chi connectivity index (χ0) is 11.8. The number of hydrogen-bond donors (Lipinski definition) is 0. The average molecular weight is 293 g/mol. The Morgan fingerprint density at radius 3 is 2.82 bits per heavy atom. The molecule has 0 aliphatic heterocycles. The second kappa shape index (κ2) is 4.45. The van der Waals surface area contributed by atoms with E-state index in [-0.39, 0.29) is 0 Å². The van der Waals surface area contributed by atoms with Crippen molar-refractivity contribution in [2.24, 2.45) is 0 Å². The highest BCUT2D eigenvalue weighted by Crippen LogP contribution is 2.34. The molecule has 0 aromatic carbocycles. The summed E-state index contributed by atoms with van der Waals surface area (Å²) < 4.78 is 3.24. The molecule has 0 amide bonds. The smallest absolute Gasteiger partial charge is 0.132 e. The van der Waals surface area contributed by atoms with E-state index < -0.39 is 0 Å². The van der Waals surface area contributed by atoms with Gasteiger partial charge in [0.1, 0.15) is 10.4 Å². The van der Waals surface area contributed by atoms with Gasteiger partial charge in [0.2, 0.25) is 0 Å². The third kappa shape index (κ3) is 2.01. The maximum absolute atomic E-state index is 4.73. The Morgan fingerprint density at radius 1 is 1.29 bits per heavy atom. The van der Waals surface area contributed by atoms with Gasteiger partial charge >= 0.3 is 0 Å². The highest BCUT2D eigenvalue weighted by molar-refractivity contribution is 9.10. The molecule has 3 rings (SSSR count).